The summed E-state index contributed by atoms with van der Waals surface area (Å²) < 4.78 is 1.92. The van der Waals surface area contributed by atoms with Crippen molar-refractivity contribution in [1.82, 2.24) is 0 Å². The molecule has 0 aliphatic rings. The molecule has 0 saturated heterocycles. The molecule has 5 heteroatoms. The first kappa shape index (κ1) is 19.2. The Labute approximate surface area is 127 Å². The molecule has 106 valence electrons. The summed E-state index contributed by atoms with van der Waals surface area (Å²) in [6, 6.07) is 9.89. The van der Waals surface area contributed by atoms with Crippen LogP contribution in [0.2, 0.25) is 0 Å². The van der Waals surface area contributed by atoms with Gasteiger partial charge in [0.1, 0.15) is 0 Å². The van der Waals surface area contributed by atoms with Crippen molar-refractivity contribution in [2.75, 3.05) is 39.0 Å². The first-order valence-corrected chi connectivity index (χ1v) is 16.8. The average molecular weight is 414 g/mol. The molecular formula is C13H24Cl2P2Ru+2. The molecule has 0 saturated carbocycles. The van der Waals surface area contributed by atoms with E-state index in [0.717, 1.165) is 5.56 Å². The Bertz CT molecular complexity index is 328. The van der Waals surface area contributed by atoms with Gasteiger partial charge in [0.2, 0.25) is 0 Å². The molecule has 0 nitrogen and oxygen atoms in total. The molecule has 1 aromatic carbocycles. The molecular weight excluding hydrogens is 390 g/mol. The van der Waals surface area contributed by atoms with E-state index in [9.17, 15) is 0 Å². The molecule has 0 atom stereocenters. The van der Waals surface area contributed by atoms with E-state index in [2.05, 4.69) is 26.7 Å². The van der Waals surface area contributed by atoms with Gasteiger partial charge in [-0.05, 0) is 15.8 Å². The van der Waals surface area contributed by atoms with Crippen molar-refractivity contribution in [2.45, 2.75) is 0 Å². The number of hydrogen-bond acceptors (Lipinski definition) is 0. The molecule has 0 aliphatic carbocycles. The molecule has 0 fully saturated rings. The van der Waals surface area contributed by atoms with Gasteiger partial charge in [-0.3, -0.25) is 0 Å². The fraction of sp³-hybridized carbons (Fsp3) is 0.462. The zero-order chi connectivity index (χ0) is 14.0. The fourth-order valence-electron chi connectivity index (χ4n) is 1.11. The van der Waals surface area contributed by atoms with Crippen LogP contribution in [-0.4, -0.2) is 43.6 Å². The van der Waals surface area contributed by atoms with Crippen LogP contribution in [0, 0.1) is 0 Å². The second kappa shape index (κ2) is 11.9. The topological polar surface area (TPSA) is 0 Å². The van der Waals surface area contributed by atoms with Gasteiger partial charge < -0.3 is 0 Å². The Morgan fingerprint density at radius 1 is 0.944 bits per heavy atom. The first-order chi connectivity index (χ1) is 8.41. The second-order valence-electron chi connectivity index (χ2n) is 4.63. The summed E-state index contributed by atoms with van der Waals surface area (Å²) in [4.78, 5) is 0. The van der Waals surface area contributed by atoms with Crippen molar-refractivity contribution in [3.8, 4) is 0 Å². The summed E-state index contributed by atoms with van der Waals surface area (Å²) in [5.74, 6) is 0. The van der Waals surface area contributed by atoms with Crippen LogP contribution in [0.3, 0.4) is 0 Å². The van der Waals surface area contributed by atoms with Crippen LogP contribution >= 0.6 is 35.2 Å². The van der Waals surface area contributed by atoms with E-state index in [1.807, 2.05) is 34.9 Å². The third-order valence-corrected chi connectivity index (χ3v) is 6.99. The third kappa shape index (κ3) is 13.6. The molecule has 0 heterocycles. The van der Waals surface area contributed by atoms with Gasteiger partial charge in [-0.2, -0.15) is 0 Å². The van der Waals surface area contributed by atoms with Crippen molar-refractivity contribution >= 4 is 39.8 Å². The van der Waals surface area contributed by atoms with Crippen molar-refractivity contribution in [2.24, 2.45) is 0 Å². The number of hydrogen-bond donors (Lipinski definition) is 0. The van der Waals surface area contributed by atoms with E-state index in [1.165, 1.54) is 12.3 Å². The predicted molar refractivity (Wildman–Crippen MR) is 93.4 cm³/mol. The maximum absolute atomic E-state index is 5.67. The minimum absolute atomic E-state index is 0.0957. The minimum atomic E-state index is -1.61. The Hall–Kier alpha value is 1.15. The van der Waals surface area contributed by atoms with E-state index in [1.54, 1.807) is 0 Å². The standard InChI is InChI=1S/C7H6.C6H16P2.2ClH.Ru/c1-7-5-3-2-4-6-7;1-7(2)5-6-8(3)4;;;/h1-6H;5-6H2,1-4H3;2*1H;/q;;;;+2. The Balaban J connectivity index is 0.000000331. The van der Waals surface area contributed by atoms with Gasteiger partial charge in [-0.15, -0.1) is 0 Å². The van der Waals surface area contributed by atoms with Crippen LogP contribution in [0.5, 0.6) is 0 Å². The zero-order valence-corrected chi connectivity index (χ0v) is 16.7. The van der Waals surface area contributed by atoms with Gasteiger partial charge >= 0.3 is 73.4 Å². The summed E-state index contributed by atoms with van der Waals surface area (Å²) in [7, 11) is 11.5. The van der Waals surface area contributed by atoms with Crippen molar-refractivity contribution < 1.29 is 13.5 Å². The van der Waals surface area contributed by atoms with Crippen LogP contribution in [0.15, 0.2) is 30.3 Å². The molecule has 0 radical (unpaired) electrons. The Morgan fingerprint density at radius 3 is 1.72 bits per heavy atom. The molecule has 0 bridgehead atoms. The van der Waals surface area contributed by atoms with Crippen LogP contribution in [0.4, 0.5) is 0 Å². The molecule has 0 aliphatic heterocycles. The van der Waals surface area contributed by atoms with Crippen LogP contribution < -0.4 is 0 Å². The molecule has 1 aromatic rings. The van der Waals surface area contributed by atoms with Crippen LogP contribution in [0.1, 0.15) is 5.56 Å². The number of benzene rings is 1. The monoisotopic (exact) mass is 414 g/mol. The van der Waals surface area contributed by atoms with Crippen molar-refractivity contribution in [3.05, 3.63) is 35.9 Å². The van der Waals surface area contributed by atoms with E-state index in [-0.39, 0.29) is 15.8 Å². The average Bonchev–Trinajstić information content (AvgIpc) is 2.28. The zero-order valence-electron chi connectivity index (χ0n) is 11.5. The summed E-state index contributed by atoms with van der Waals surface area (Å²) in [6.45, 7) is 9.59. The van der Waals surface area contributed by atoms with Crippen LogP contribution in [0.25, 0.3) is 0 Å². The van der Waals surface area contributed by atoms with Gasteiger partial charge in [0.15, 0.2) is 0 Å². The van der Waals surface area contributed by atoms with Gasteiger partial charge in [-0.1, -0.05) is 0 Å². The van der Waals surface area contributed by atoms with Gasteiger partial charge in [0.05, 0.1) is 12.3 Å². The summed E-state index contributed by atoms with van der Waals surface area (Å²) >= 11 is -1.61. The molecule has 0 N–H and O–H groups in total. The molecule has 0 unspecified atom stereocenters. The SMILES string of the molecule is C[PH+](C)CC[PH+](C)C.[Cl][Ru]([Cl])=[CH]c1ccccc1. The van der Waals surface area contributed by atoms with Gasteiger partial charge in [-0.25, -0.2) is 0 Å². The normalized spacial score (nSPS) is 11.0. The van der Waals surface area contributed by atoms with Crippen molar-refractivity contribution in [1.29, 1.82) is 0 Å². The fourth-order valence-corrected chi connectivity index (χ4v) is 6.94. The quantitative estimate of drug-likeness (QED) is 0.495. The Kier molecular flexibility index (Phi) is 12.7. The summed E-state index contributed by atoms with van der Waals surface area (Å²) in [5.41, 5.74) is 1.12. The Morgan fingerprint density at radius 2 is 1.39 bits per heavy atom. The van der Waals surface area contributed by atoms with Crippen LogP contribution in [-0.2, 0) is 13.5 Å². The summed E-state index contributed by atoms with van der Waals surface area (Å²) in [5, 5.41) is 0. The van der Waals surface area contributed by atoms with E-state index >= 15 is 0 Å². The molecule has 1 rings (SSSR count). The van der Waals surface area contributed by atoms with E-state index in [0.29, 0.717) is 0 Å². The number of rotatable bonds is 4. The van der Waals surface area contributed by atoms with Gasteiger partial charge in [0.25, 0.3) is 0 Å². The third-order valence-electron chi connectivity index (χ3n) is 2.12. The summed E-state index contributed by atoms with van der Waals surface area (Å²) in [6.07, 6.45) is 3.07. The van der Waals surface area contributed by atoms with Crippen molar-refractivity contribution in [3.63, 3.8) is 0 Å². The molecule has 0 spiro atoms. The maximum atomic E-state index is 5.67. The predicted octanol–water partition coefficient (Wildman–Crippen LogP) is 4.70. The molecule has 0 amide bonds. The molecule has 0 aromatic heterocycles. The van der Waals surface area contributed by atoms with E-state index < -0.39 is 13.5 Å². The first-order valence-electron chi connectivity index (χ1n) is 5.88. The van der Waals surface area contributed by atoms with E-state index in [4.69, 9.17) is 19.4 Å². The number of halogens is 2. The van der Waals surface area contributed by atoms with Gasteiger partial charge in [0, 0.05) is 26.7 Å². The molecule has 18 heavy (non-hydrogen) atoms. The second-order valence-corrected chi connectivity index (χ2v) is 16.2.